The molecule has 0 spiro atoms. The molecule has 0 radical (unpaired) electrons. The van der Waals surface area contributed by atoms with Gasteiger partial charge in [-0.2, -0.15) is 4.98 Å². The van der Waals surface area contributed by atoms with Crippen molar-refractivity contribution in [2.75, 3.05) is 5.32 Å². The van der Waals surface area contributed by atoms with Crippen molar-refractivity contribution < 1.29 is 9.18 Å². The molecule has 31 heavy (non-hydrogen) atoms. The molecule has 1 aromatic heterocycles. The maximum Gasteiger partial charge on any atom is 0.349 e. The van der Waals surface area contributed by atoms with Crippen LogP contribution in [0.1, 0.15) is 12.5 Å². The van der Waals surface area contributed by atoms with Crippen molar-refractivity contribution in [1.29, 1.82) is 0 Å². The summed E-state index contributed by atoms with van der Waals surface area (Å²) in [6.07, 6.45) is 0.761. The highest BCUT2D eigenvalue weighted by molar-refractivity contribution is 6.31. The van der Waals surface area contributed by atoms with Crippen molar-refractivity contribution >= 4 is 34.1 Å². The van der Waals surface area contributed by atoms with Crippen molar-refractivity contribution in [3.05, 3.63) is 93.6 Å². The number of anilines is 1. The minimum atomic E-state index is -0.646. The number of carbonyl (C=O) groups excluding carboxylic acids is 1. The fourth-order valence-corrected chi connectivity index (χ4v) is 3.72. The van der Waals surface area contributed by atoms with Crippen molar-refractivity contribution in [1.82, 2.24) is 9.55 Å². The highest BCUT2D eigenvalue weighted by Gasteiger charge is 2.17. The topological polar surface area (TPSA) is 64.0 Å². The molecule has 0 aliphatic rings. The van der Waals surface area contributed by atoms with Crippen LogP contribution in [0.3, 0.4) is 0 Å². The highest BCUT2D eigenvalue weighted by Crippen LogP contribution is 2.29. The Bertz CT molecular complexity index is 1350. The molecular formula is C24H19ClFN3O2. The average Bonchev–Trinajstić information content (AvgIpc) is 2.76. The summed E-state index contributed by atoms with van der Waals surface area (Å²) in [4.78, 5) is 29.7. The first-order valence-electron chi connectivity index (χ1n) is 9.80. The van der Waals surface area contributed by atoms with Crippen LogP contribution in [0.5, 0.6) is 0 Å². The third-order valence-corrected chi connectivity index (χ3v) is 5.28. The van der Waals surface area contributed by atoms with E-state index in [1.807, 2.05) is 31.2 Å². The smallest absolute Gasteiger partial charge is 0.324 e. The van der Waals surface area contributed by atoms with Gasteiger partial charge in [0.25, 0.3) is 0 Å². The van der Waals surface area contributed by atoms with Crippen LogP contribution in [0.15, 0.2) is 71.5 Å². The van der Waals surface area contributed by atoms with E-state index in [1.165, 1.54) is 10.6 Å². The lowest BCUT2D eigenvalue weighted by Gasteiger charge is -2.14. The quantitative estimate of drug-likeness (QED) is 0.476. The van der Waals surface area contributed by atoms with E-state index < -0.39 is 11.5 Å². The molecule has 3 aromatic carbocycles. The van der Waals surface area contributed by atoms with E-state index in [-0.39, 0.29) is 23.7 Å². The zero-order valence-electron chi connectivity index (χ0n) is 16.7. The molecule has 1 heterocycles. The van der Waals surface area contributed by atoms with Crippen LogP contribution >= 0.6 is 11.6 Å². The van der Waals surface area contributed by atoms with Gasteiger partial charge >= 0.3 is 5.69 Å². The van der Waals surface area contributed by atoms with Crippen LogP contribution in [-0.2, 0) is 17.8 Å². The van der Waals surface area contributed by atoms with Crippen molar-refractivity contribution in [2.24, 2.45) is 0 Å². The summed E-state index contributed by atoms with van der Waals surface area (Å²) in [7, 11) is 0. The second-order valence-electron chi connectivity index (χ2n) is 7.03. The van der Waals surface area contributed by atoms with Crippen LogP contribution in [0.25, 0.3) is 22.2 Å². The van der Waals surface area contributed by atoms with Crippen LogP contribution in [0, 0.1) is 5.82 Å². The van der Waals surface area contributed by atoms with Gasteiger partial charge in [0.15, 0.2) is 0 Å². The number of aryl methyl sites for hydroxylation is 1. The molecule has 0 fully saturated rings. The van der Waals surface area contributed by atoms with E-state index in [0.29, 0.717) is 21.6 Å². The number of para-hydroxylation sites is 1. The zero-order chi connectivity index (χ0) is 22.0. The van der Waals surface area contributed by atoms with Crippen molar-refractivity contribution in [3.8, 4) is 11.3 Å². The predicted octanol–water partition coefficient (Wildman–Crippen LogP) is 5.06. The predicted molar refractivity (Wildman–Crippen MR) is 121 cm³/mol. The summed E-state index contributed by atoms with van der Waals surface area (Å²) in [5.74, 6) is -0.859. The summed E-state index contributed by atoms with van der Waals surface area (Å²) in [6, 6.07) is 18.5. The van der Waals surface area contributed by atoms with Gasteiger partial charge in [0.1, 0.15) is 12.4 Å². The number of halogens is 2. The Morgan fingerprint density at radius 3 is 2.61 bits per heavy atom. The first-order valence-corrected chi connectivity index (χ1v) is 10.2. The third-order valence-electron chi connectivity index (χ3n) is 5.05. The summed E-state index contributed by atoms with van der Waals surface area (Å²) in [6.45, 7) is 1.76. The van der Waals surface area contributed by atoms with Gasteiger partial charge in [-0.3, -0.25) is 9.36 Å². The molecule has 0 saturated carbocycles. The number of amides is 1. The summed E-state index contributed by atoms with van der Waals surface area (Å²) >= 11 is 6.17. The average molecular weight is 436 g/mol. The Morgan fingerprint density at radius 1 is 1.10 bits per heavy atom. The largest absolute Gasteiger partial charge is 0.349 e. The lowest BCUT2D eigenvalue weighted by Crippen LogP contribution is -2.30. The van der Waals surface area contributed by atoms with Gasteiger partial charge in [0.2, 0.25) is 5.91 Å². The van der Waals surface area contributed by atoms with E-state index in [0.717, 1.165) is 12.0 Å². The highest BCUT2D eigenvalue weighted by atomic mass is 35.5. The fourth-order valence-electron chi connectivity index (χ4n) is 3.55. The molecule has 0 atom stereocenters. The van der Waals surface area contributed by atoms with Gasteiger partial charge < -0.3 is 5.32 Å². The monoisotopic (exact) mass is 435 g/mol. The maximum absolute atomic E-state index is 14.4. The molecule has 1 N–H and O–H groups in total. The Hall–Kier alpha value is -3.51. The molecule has 4 aromatic rings. The molecule has 4 rings (SSSR count). The first kappa shape index (κ1) is 20.8. The number of nitrogens with zero attached hydrogens (tertiary/aromatic N) is 2. The molecule has 0 aliphatic carbocycles. The molecule has 1 amide bonds. The first-order chi connectivity index (χ1) is 15.0. The molecular weight excluding hydrogens is 417 g/mol. The van der Waals surface area contributed by atoms with Gasteiger partial charge in [-0.1, -0.05) is 48.9 Å². The fraction of sp³-hybridized carbons (Fsp3) is 0.125. The van der Waals surface area contributed by atoms with Crippen molar-refractivity contribution in [2.45, 2.75) is 19.9 Å². The number of nitrogens with one attached hydrogen (secondary N) is 1. The third kappa shape index (κ3) is 4.20. The van der Waals surface area contributed by atoms with E-state index >= 15 is 0 Å². The number of rotatable bonds is 5. The molecule has 156 valence electrons. The molecule has 7 heteroatoms. The molecule has 0 unspecified atom stereocenters. The Kier molecular flexibility index (Phi) is 5.82. The molecule has 0 bridgehead atoms. The summed E-state index contributed by atoms with van der Waals surface area (Å²) < 4.78 is 15.7. The Balaban J connectivity index is 1.78. The van der Waals surface area contributed by atoms with Crippen LogP contribution < -0.4 is 11.0 Å². The second kappa shape index (κ2) is 8.70. The number of hydrogen-bond acceptors (Lipinski definition) is 3. The number of hydrogen-bond donors (Lipinski definition) is 1. The molecule has 0 aliphatic heterocycles. The van der Waals surface area contributed by atoms with Gasteiger partial charge in [0, 0.05) is 21.7 Å². The van der Waals surface area contributed by atoms with Crippen LogP contribution in [0.4, 0.5) is 10.1 Å². The van der Waals surface area contributed by atoms with Gasteiger partial charge in [-0.15, -0.1) is 0 Å². The van der Waals surface area contributed by atoms with E-state index in [4.69, 9.17) is 11.6 Å². The molecule has 5 nitrogen and oxygen atoms in total. The number of benzene rings is 3. The lowest BCUT2D eigenvalue weighted by atomic mass is 10.1. The van der Waals surface area contributed by atoms with Crippen LogP contribution in [-0.4, -0.2) is 15.5 Å². The number of fused-ring (bicyclic) bond motifs is 1. The van der Waals surface area contributed by atoms with E-state index in [2.05, 4.69) is 10.3 Å². The van der Waals surface area contributed by atoms with Gasteiger partial charge in [0.05, 0.1) is 11.2 Å². The molecule has 0 saturated heterocycles. The Labute approximate surface area is 183 Å². The number of aromatic nitrogens is 2. The lowest BCUT2D eigenvalue weighted by molar-refractivity contribution is -0.116. The zero-order valence-corrected chi connectivity index (χ0v) is 17.5. The standard InChI is InChI=1S/C24H19ClFN3O2/c1-2-15-7-3-6-10-20(15)27-22(30)14-29-21-12-11-16(25)13-18(21)23(28-24(29)31)17-8-4-5-9-19(17)26/h3-13H,2,14H2,1H3,(H,27,30). The Morgan fingerprint density at radius 2 is 1.84 bits per heavy atom. The van der Waals surface area contributed by atoms with E-state index in [1.54, 1.807) is 36.4 Å². The summed E-state index contributed by atoms with van der Waals surface area (Å²) in [5.41, 5.74) is 1.88. The maximum atomic E-state index is 14.4. The SMILES string of the molecule is CCc1ccccc1NC(=O)Cn1c(=O)nc(-c2ccccc2F)c2cc(Cl)ccc21. The minimum absolute atomic E-state index is 0.189. The summed E-state index contributed by atoms with van der Waals surface area (Å²) in [5, 5.41) is 3.76. The van der Waals surface area contributed by atoms with E-state index in [9.17, 15) is 14.0 Å². The van der Waals surface area contributed by atoms with Gasteiger partial charge in [-0.25, -0.2) is 9.18 Å². The van der Waals surface area contributed by atoms with Crippen molar-refractivity contribution in [3.63, 3.8) is 0 Å². The second-order valence-corrected chi connectivity index (χ2v) is 7.47. The minimum Gasteiger partial charge on any atom is -0.324 e. The number of carbonyl (C=O) groups is 1. The van der Waals surface area contributed by atoms with Crippen LogP contribution in [0.2, 0.25) is 5.02 Å². The van der Waals surface area contributed by atoms with Gasteiger partial charge in [-0.05, 0) is 48.4 Å². The normalized spacial score (nSPS) is 10.9.